The minimum Gasteiger partial charge on any atom is -0.506 e. The van der Waals surface area contributed by atoms with Crippen molar-refractivity contribution in [2.75, 3.05) is 6.54 Å². The maximum atomic E-state index is 9.33. The molecule has 0 heterocycles. The Bertz CT molecular complexity index is 286. The van der Waals surface area contributed by atoms with Gasteiger partial charge in [-0.2, -0.15) is 0 Å². The van der Waals surface area contributed by atoms with E-state index in [-0.39, 0.29) is 5.75 Å². The Kier molecular flexibility index (Phi) is 2.95. The standard InChI is InChI=1S/C9H12ClNO/c1-6-4-7(2-3-11)9(10)8(12)5-6/h4-5,12H,2-3,11H2,1H3. The van der Waals surface area contributed by atoms with Crippen molar-refractivity contribution in [2.45, 2.75) is 13.3 Å². The van der Waals surface area contributed by atoms with E-state index >= 15 is 0 Å². The lowest BCUT2D eigenvalue weighted by atomic mass is 10.1. The Balaban J connectivity index is 3.09. The minimum atomic E-state index is 0.139. The first-order valence-electron chi connectivity index (χ1n) is 3.83. The van der Waals surface area contributed by atoms with Crippen molar-refractivity contribution in [3.8, 4) is 5.75 Å². The molecule has 66 valence electrons. The number of aromatic hydroxyl groups is 1. The van der Waals surface area contributed by atoms with Crippen LogP contribution in [0.25, 0.3) is 0 Å². The molecule has 1 rings (SSSR count). The fraction of sp³-hybridized carbons (Fsp3) is 0.333. The van der Waals surface area contributed by atoms with E-state index in [1.807, 2.05) is 13.0 Å². The van der Waals surface area contributed by atoms with E-state index in [2.05, 4.69) is 0 Å². The fourth-order valence-corrected chi connectivity index (χ4v) is 1.36. The lowest BCUT2D eigenvalue weighted by molar-refractivity contribution is 0.474. The molecular weight excluding hydrogens is 174 g/mol. The van der Waals surface area contributed by atoms with Gasteiger partial charge in [-0.05, 0) is 37.1 Å². The van der Waals surface area contributed by atoms with Crippen molar-refractivity contribution in [2.24, 2.45) is 5.73 Å². The number of phenolic OH excluding ortho intramolecular Hbond substituents is 1. The summed E-state index contributed by atoms with van der Waals surface area (Å²) in [7, 11) is 0. The van der Waals surface area contributed by atoms with E-state index in [4.69, 9.17) is 17.3 Å². The average Bonchev–Trinajstić information content (AvgIpc) is 2.00. The monoisotopic (exact) mass is 185 g/mol. The zero-order valence-electron chi connectivity index (χ0n) is 6.97. The topological polar surface area (TPSA) is 46.2 Å². The van der Waals surface area contributed by atoms with E-state index in [1.165, 1.54) is 0 Å². The number of hydrogen-bond acceptors (Lipinski definition) is 2. The summed E-state index contributed by atoms with van der Waals surface area (Å²) in [5.74, 6) is 0.139. The van der Waals surface area contributed by atoms with Crippen molar-refractivity contribution in [3.63, 3.8) is 0 Å². The van der Waals surface area contributed by atoms with Gasteiger partial charge in [-0.25, -0.2) is 0 Å². The quantitative estimate of drug-likeness (QED) is 0.739. The predicted molar refractivity (Wildman–Crippen MR) is 50.6 cm³/mol. The molecule has 0 aliphatic carbocycles. The molecule has 1 aromatic rings. The zero-order chi connectivity index (χ0) is 9.14. The molecule has 0 atom stereocenters. The SMILES string of the molecule is Cc1cc(O)c(Cl)c(CCN)c1. The molecule has 12 heavy (non-hydrogen) atoms. The largest absolute Gasteiger partial charge is 0.506 e. The maximum Gasteiger partial charge on any atom is 0.134 e. The second-order valence-corrected chi connectivity index (χ2v) is 3.17. The van der Waals surface area contributed by atoms with Gasteiger partial charge >= 0.3 is 0 Å². The molecule has 0 bridgehead atoms. The second-order valence-electron chi connectivity index (χ2n) is 2.80. The van der Waals surface area contributed by atoms with E-state index < -0.39 is 0 Å². The van der Waals surface area contributed by atoms with Gasteiger partial charge in [0.05, 0.1) is 5.02 Å². The van der Waals surface area contributed by atoms with Crippen LogP contribution >= 0.6 is 11.6 Å². The van der Waals surface area contributed by atoms with Crippen molar-refractivity contribution in [1.82, 2.24) is 0 Å². The summed E-state index contributed by atoms with van der Waals surface area (Å²) in [4.78, 5) is 0. The van der Waals surface area contributed by atoms with Crippen LogP contribution < -0.4 is 5.73 Å². The van der Waals surface area contributed by atoms with Crippen LogP contribution in [-0.2, 0) is 6.42 Å². The Morgan fingerprint density at radius 1 is 1.50 bits per heavy atom. The summed E-state index contributed by atoms with van der Waals surface area (Å²) in [5, 5.41) is 9.76. The number of halogens is 1. The first kappa shape index (κ1) is 9.36. The zero-order valence-corrected chi connectivity index (χ0v) is 7.73. The molecule has 2 nitrogen and oxygen atoms in total. The molecule has 3 N–H and O–H groups in total. The Labute approximate surface area is 77.0 Å². The number of phenols is 1. The third kappa shape index (κ3) is 1.90. The van der Waals surface area contributed by atoms with Gasteiger partial charge in [0.15, 0.2) is 0 Å². The summed E-state index contributed by atoms with van der Waals surface area (Å²) in [6, 6.07) is 3.58. The molecule has 0 aliphatic heterocycles. The summed E-state index contributed by atoms with van der Waals surface area (Å²) in [5.41, 5.74) is 7.30. The molecule has 0 radical (unpaired) electrons. The molecular formula is C9H12ClNO. The summed E-state index contributed by atoms with van der Waals surface area (Å²) >= 11 is 5.84. The van der Waals surface area contributed by atoms with Crippen LogP contribution in [0.5, 0.6) is 5.75 Å². The number of benzene rings is 1. The number of nitrogens with two attached hydrogens (primary N) is 1. The van der Waals surface area contributed by atoms with Gasteiger partial charge in [-0.1, -0.05) is 17.7 Å². The molecule has 0 saturated carbocycles. The number of aryl methyl sites for hydroxylation is 1. The summed E-state index contributed by atoms with van der Waals surface area (Å²) in [6.45, 7) is 2.46. The highest BCUT2D eigenvalue weighted by atomic mass is 35.5. The highest BCUT2D eigenvalue weighted by molar-refractivity contribution is 6.32. The van der Waals surface area contributed by atoms with Gasteiger partial charge in [0.25, 0.3) is 0 Å². The highest BCUT2D eigenvalue weighted by Crippen LogP contribution is 2.28. The Morgan fingerprint density at radius 3 is 2.75 bits per heavy atom. The van der Waals surface area contributed by atoms with Crippen molar-refractivity contribution < 1.29 is 5.11 Å². The molecule has 0 fully saturated rings. The van der Waals surface area contributed by atoms with E-state index in [1.54, 1.807) is 6.07 Å². The second kappa shape index (κ2) is 3.78. The van der Waals surface area contributed by atoms with E-state index in [0.29, 0.717) is 18.0 Å². The first-order chi connectivity index (χ1) is 5.65. The number of rotatable bonds is 2. The lowest BCUT2D eigenvalue weighted by Gasteiger charge is -2.05. The van der Waals surface area contributed by atoms with Crippen LogP contribution in [0.15, 0.2) is 12.1 Å². The van der Waals surface area contributed by atoms with Crippen molar-refractivity contribution >= 4 is 11.6 Å². The summed E-state index contributed by atoms with van der Waals surface area (Å²) < 4.78 is 0. The Morgan fingerprint density at radius 2 is 2.17 bits per heavy atom. The maximum absolute atomic E-state index is 9.33. The fourth-order valence-electron chi connectivity index (χ4n) is 1.16. The molecule has 0 unspecified atom stereocenters. The van der Waals surface area contributed by atoms with Crippen molar-refractivity contribution in [1.29, 1.82) is 0 Å². The minimum absolute atomic E-state index is 0.139. The average molecular weight is 186 g/mol. The van der Waals surface area contributed by atoms with Gasteiger partial charge < -0.3 is 10.8 Å². The molecule has 0 amide bonds. The van der Waals surface area contributed by atoms with Crippen LogP contribution in [0, 0.1) is 6.92 Å². The van der Waals surface area contributed by atoms with Crippen LogP contribution in [-0.4, -0.2) is 11.7 Å². The highest BCUT2D eigenvalue weighted by Gasteiger charge is 2.05. The lowest BCUT2D eigenvalue weighted by Crippen LogP contribution is -2.03. The van der Waals surface area contributed by atoms with E-state index in [0.717, 1.165) is 11.1 Å². The van der Waals surface area contributed by atoms with Gasteiger partial charge in [-0.15, -0.1) is 0 Å². The van der Waals surface area contributed by atoms with Gasteiger partial charge in [0.2, 0.25) is 0 Å². The van der Waals surface area contributed by atoms with Crippen LogP contribution in [0.4, 0.5) is 0 Å². The third-order valence-corrected chi connectivity index (χ3v) is 2.12. The molecule has 3 heteroatoms. The molecule has 0 aromatic heterocycles. The third-order valence-electron chi connectivity index (χ3n) is 1.69. The van der Waals surface area contributed by atoms with Crippen molar-refractivity contribution in [3.05, 3.63) is 28.3 Å². The molecule has 0 spiro atoms. The smallest absolute Gasteiger partial charge is 0.134 e. The first-order valence-corrected chi connectivity index (χ1v) is 4.21. The predicted octanol–water partition coefficient (Wildman–Crippen LogP) is 1.86. The summed E-state index contributed by atoms with van der Waals surface area (Å²) in [6.07, 6.45) is 0.702. The van der Waals surface area contributed by atoms with Crippen LogP contribution in [0.1, 0.15) is 11.1 Å². The van der Waals surface area contributed by atoms with Crippen LogP contribution in [0.2, 0.25) is 5.02 Å². The van der Waals surface area contributed by atoms with Gasteiger partial charge in [0.1, 0.15) is 5.75 Å². The molecule has 0 aliphatic rings. The molecule has 0 saturated heterocycles. The number of hydrogen-bond donors (Lipinski definition) is 2. The van der Waals surface area contributed by atoms with Gasteiger partial charge in [0, 0.05) is 0 Å². The Hall–Kier alpha value is -0.730. The van der Waals surface area contributed by atoms with Gasteiger partial charge in [-0.3, -0.25) is 0 Å². The van der Waals surface area contributed by atoms with E-state index in [9.17, 15) is 5.11 Å². The molecule has 1 aromatic carbocycles. The normalized spacial score (nSPS) is 10.2. The van der Waals surface area contributed by atoms with Crippen LogP contribution in [0.3, 0.4) is 0 Å².